The molecule has 0 spiro atoms. The molecule has 0 heterocycles. The van der Waals surface area contributed by atoms with E-state index in [1.54, 1.807) is 7.11 Å². The predicted octanol–water partition coefficient (Wildman–Crippen LogP) is 5.23. The number of halogens is 1. The van der Waals surface area contributed by atoms with Crippen LogP contribution in [0.3, 0.4) is 0 Å². The van der Waals surface area contributed by atoms with Gasteiger partial charge in [0.1, 0.15) is 5.75 Å². The van der Waals surface area contributed by atoms with E-state index in [9.17, 15) is 0 Å². The fourth-order valence-electron chi connectivity index (χ4n) is 3.00. The van der Waals surface area contributed by atoms with Gasteiger partial charge >= 0.3 is 0 Å². The standard InChI is InChI=1S/C16H24BrNO/c1-3-4-12-5-7-13(8-6-12)18-14-9-10-16(19-2)15(17)11-14/h9-13,18H,3-8H2,1-2H3. The molecule has 1 saturated carbocycles. The Morgan fingerprint density at radius 1 is 1.26 bits per heavy atom. The molecule has 1 aliphatic rings. The van der Waals surface area contributed by atoms with Crippen LogP contribution >= 0.6 is 15.9 Å². The predicted molar refractivity (Wildman–Crippen MR) is 85.0 cm³/mol. The summed E-state index contributed by atoms with van der Waals surface area (Å²) in [6.07, 6.45) is 8.09. The van der Waals surface area contributed by atoms with E-state index in [-0.39, 0.29) is 0 Å². The lowest BCUT2D eigenvalue weighted by molar-refractivity contribution is 0.319. The Hall–Kier alpha value is -0.700. The van der Waals surface area contributed by atoms with Gasteiger partial charge in [-0.1, -0.05) is 19.8 Å². The highest BCUT2D eigenvalue weighted by Crippen LogP contribution is 2.32. The van der Waals surface area contributed by atoms with Crippen molar-refractivity contribution in [2.24, 2.45) is 5.92 Å². The van der Waals surface area contributed by atoms with Crippen LogP contribution in [0.25, 0.3) is 0 Å². The third-order valence-electron chi connectivity index (χ3n) is 4.07. The number of anilines is 1. The maximum absolute atomic E-state index is 5.26. The van der Waals surface area contributed by atoms with E-state index in [2.05, 4.69) is 40.3 Å². The minimum Gasteiger partial charge on any atom is -0.496 e. The third kappa shape index (κ3) is 4.13. The normalized spacial score (nSPS) is 23.1. The first-order chi connectivity index (χ1) is 9.22. The van der Waals surface area contributed by atoms with Crippen molar-refractivity contribution in [1.29, 1.82) is 0 Å². The zero-order valence-corrected chi connectivity index (χ0v) is 13.5. The molecule has 0 aliphatic heterocycles. The molecule has 1 N–H and O–H groups in total. The number of hydrogen-bond acceptors (Lipinski definition) is 2. The quantitative estimate of drug-likeness (QED) is 0.800. The SMILES string of the molecule is CCCC1CCC(Nc2ccc(OC)c(Br)c2)CC1. The first kappa shape index (κ1) is 14.7. The van der Waals surface area contributed by atoms with Crippen molar-refractivity contribution in [3.05, 3.63) is 22.7 Å². The van der Waals surface area contributed by atoms with E-state index in [4.69, 9.17) is 4.74 Å². The van der Waals surface area contributed by atoms with E-state index in [0.717, 1.165) is 16.1 Å². The minimum atomic E-state index is 0.633. The molecule has 1 aliphatic carbocycles. The summed E-state index contributed by atoms with van der Waals surface area (Å²) in [5.41, 5.74) is 1.19. The highest BCUT2D eigenvalue weighted by Gasteiger charge is 2.20. The van der Waals surface area contributed by atoms with Crippen LogP contribution in [-0.4, -0.2) is 13.2 Å². The Labute approximate surface area is 125 Å². The average Bonchev–Trinajstić information content (AvgIpc) is 2.42. The van der Waals surface area contributed by atoms with Crippen LogP contribution in [0.5, 0.6) is 5.75 Å². The monoisotopic (exact) mass is 325 g/mol. The number of methoxy groups -OCH3 is 1. The molecular formula is C16H24BrNO. The number of rotatable bonds is 5. The molecular weight excluding hydrogens is 302 g/mol. The molecule has 2 nitrogen and oxygen atoms in total. The second kappa shape index (κ2) is 7.18. The van der Waals surface area contributed by atoms with E-state index in [1.807, 2.05) is 6.07 Å². The van der Waals surface area contributed by atoms with Crippen LogP contribution in [-0.2, 0) is 0 Å². The lowest BCUT2D eigenvalue weighted by Gasteiger charge is -2.29. The van der Waals surface area contributed by atoms with Gasteiger partial charge in [-0.25, -0.2) is 0 Å². The molecule has 0 atom stereocenters. The Morgan fingerprint density at radius 2 is 2.00 bits per heavy atom. The van der Waals surface area contributed by atoms with Crippen molar-refractivity contribution in [1.82, 2.24) is 0 Å². The van der Waals surface area contributed by atoms with E-state index in [0.29, 0.717) is 6.04 Å². The average molecular weight is 326 g/mol. The van der Waals surface area contributed by atoms with Crippen molar-refractivity contribution in [3.63, 3.8) is 0 Å². The van der Waals surface area contributed by atoms with Gasteiger partial charge in [0.2, 0.25) is 0 Å². The number of nitrogens with one attached hydrogen (secondary N) is 1. The maximum atomic E-state index is 5.26. The van der Waals surface area contributed by atoms with Crippen LogP contribution in [0.15, 0.2) is 22.7 Å². The second-order valence-corrected chi connectivity index (χ2v) is 6.35. The lowest BCUT2D eigenvalue weighted by Crippen LogP contribution is -2.26. The molecule has 3 heteroatoms. The van der Waals surface area contributed by atoms with Crippen molar-refractivity contribution in [2.45, 2.75) is 51.5 Å². The van der Waals surface area contributed by atoms with Gasteiger partial charge in [0.05, 0.1) is 11.6 Å². The molecule has 1 aromatic carbocycles. The first-order valence-electron chi connectivity index (χ1n) is 7.33. The fourth-order valence-corrected chi connectivity index (χ4v) is 3.54. The summed E-state index contributed by atoms with van der Waals surface area (Å²) in [6.45, 7) is 2.29. The highest BCUT2D eigenvalue weighted by atomic mass is 79.9. The van der Waals surface area contributed by atoms with Gasteiger partial charge < -0.3 is 10.1 Å². The summed E-state index contributed by atoms with van der Waals surface area (Å²) < 4.78 is 6.27. The number of benzene rings is 1. The number of hydrogen-bond donors (Lipinski definition) is 1. The summed E-state index contributed by atoms with van der Waals surface area (Å²) in [5, 5.41) is 3.65. The molecule has 106 valence electrons. The molecule has 0 unspecified atom stereocenters. The van der Waals surface area contributed by atoms with Crippen LogP contribution in [0.1, 0.15) is 45.4 Å². The van der Waals surface area contributed by atoms with Gasteiger partial charge in [-0.05, 0) is 65.7 Å². The molecule has 1 aromatic rings. The van der Waals surface area contributed by atoms with Crippen LogP contribution in [0, 0.1) is 5.92 Å². The van der Waals surface area contributed by atoms with Gasteiger partial charge in [-0.15, -0.1) is 0 Å². The van der Waals surface area contributed by atoms with Crippen molar-refractivity contribution >= 4 is 21.6 Å². The molecule has 0 saturated heterocycles. The molecule has 1 fully saturated rings. The Bertz CT molecular complexity index is 400. The summed E-state index contributed by atoms with van der Waals surface area (Å²) in [5.74, 6) is 1.85. The topological polar surface area (TPSA) is 21.3 Å². The van der Waals surface area contributed by atoms with Crippen LogP contribution < -0.4 is 10.1 Å². The summed E-state index contributed by atoms with van der Waals surface area (Å²) >= 11 is 3.54. The van der Waals surface area contributed by atoms with Crippen LogP contribution in [0.2, 0.25) is 0 Å². The van der Waals surface area contributed by atoms with Gasteiger partial charge in [-0.3, -0.25) is 0 Å². The second-order valence-electron chi connectivity index (χ2n) is 5.50. The van der Waals surface area contributed by atoms with Crippen molar-refractivity contribution < 1.29 is 4.74 Å². The smallest absolute Gasteiger partial charge is 0.133 e. The zero-order valence-electron chi connectivity index (χ0n) is 11.9. The molecule has 2 rings (SSSR count). The van der Waals surface area contributed by atoms with Gasteiger partial charge in [0, 0.05) is 11.7 Å². The van der Waals surface area contributed by atoms with Gasteiger partial charge in [0.25, 0.3) is 0 Å². The van der Waals surface area contributed by atoms with E-state index in [1.165, 1.54) is 44.2 Å². The van der Waals surface area contributed by atoms with E-state index < -0.39 is 0 Å². The van der Waals surface area contributed by atoms with Crippen molar-refractivity contribution in [3.8, 4) is 5.75 Å². The minimum absolute atomic E-state index is 0.633. The largest absolute Gasteiger partial charge is 0.496 e. The molecule has 0 radical (unpaired) electrons. The molecule has 0 bridgehead atoms. The first-order valence-corrected chi connectivity index (χ1v) is 8.12. The zero-order chi connectivity index (χ0) is 13.7. The number of ether oxygens (including phenoxy) is 1. The summed E-state index contributed by atoms with van der Waals surface area (Å²) in [6, 6.07) is 6.85. The lowest BCUT2D eigenvalue weighted by atomic mass is 9.83. The van der Waals surface area contributed by atoms with E-state index >= 15 is 0 Å². The third-order valence-corrected chi connectivity index (χ3v) is 4.69. The molecule has 0 amide bonds. The maximum Gasteiger partial charge on any atom is 0.133 e. The van der Waals surface area contributed by atoms with Crippen LogP contribution in [0.4, 0.5) is 5.69 Å². The Balaban J connectivity index is 1.87. The Kier molecular flexibility index (Phi) is 5.56. The molecule has 0 aromatic heterocycles. The summed E-state index contributed by atoms with van der Waals surface area (Å²) in [7, 11) is 1.70. The summed E-state index contributed by atoms with van der Waals surface area (Å²) in [4.78, 5) is 0. The fraction of sp³-hybridized carbons (Fsp3) is 0.625. The van der Waals surface area contributed by atoms with Gasteiger partial charge in [0.15, 0.2) is 0 Å². The Morgan fingerprint density at radius 3 is 2.58 bits per heavy atom. The van der Waals surface area contributed by atoms with Gasteiger partial charge in [-0.2, -0.15) is 0 Å². The van der Waals surface area contributed by atoms with Crippen molar-refractivity contribution in [2.75, 3.05) is 12.4 Å². The molecule has 19 heavy (non-hydrogen) atoms. The highest BCUT2D eigenvalue weighted by molar-refractivity contribution is 9.10.